The van der Waals surface area contributed by atoms with Gasteiger partial charge in [0.1, 0.15) is 11.4 Å². The minimum Gasteiger partial charge on any atom is -0.497 e. The molecule has 4 nitrogen and oxygen atoms in total. The summed E-state index contributed by atoms with van der Waals surface area (Å²) in [6.07, 6.45) is 12.4. The highest BCUT2D eigenvalue weighted by atomic mass is 16.6. The predicted molar refractivity (Wildman–Crippen MR) is 128 cm³/mol. The van der Waals surface area contributed by atoms with E-state index >= 15 is 0 Å². The Balaban J connectivity index is 1.21. The Morgan fingerprint density at radius 1 is 1.09 bits per heavy atom. The molecule has 1 saturated heterocycles. The van der Waals surface area contributed by atoms with Crippen LogP contribution in [0.4, 0.5) is 0 Å². The summed E-state index contributed by atoms with van der Waals surface area (Å²) in [5, 5.41) is 10.4. The van der Waals surface area contributed by atoms with Gasteiger partial charge in [0.25, 0.3) is 0 Å². The number of ether oxygens (including phenoxy) is 2. The number of epoxide rings is 1. The normalized spacial score (nSPS) is 47.9. The lowest BCUT2D eigenvalue weighted by Crippen LogP contribution is -2.58. The van der Waals surface area contributed by atoms with Crippen LogP contribution in [0.5, 0.6) is 5.75 Å². The summed E-state index contributed by atoms with van der Waals surface area (Å²) in [4.78, 5) is 13.4. The second-order valence-electron chi connectivity index (χ2n) is 12.1. The summed E-state index contributed by atoms with van der Waals surface area (Å²) in [6.45, 7) is 4.88. The number of allylic oxidation sites excluding steroid dienone is 1. The van der Waals surface area contributed by atoms with Crippen molar-refractivity contribution in [1.29, 1.82) is 0 Å². The van der Waals surface area contributed by atoms with Crippen molar-refractivity contribution in [2.75, 3.05) is 7.11 Å². The van der Waals surface area contributed by atoms with Crippen LogP contribution in [0.25, 0.3) is 6.08 Å². The number of benzene rings is 1. The third kappa shape index (κ3) is 3.06. The van der Waals surface area contributed by atoms with Crippen molar-refractivity contribution in [3.8, 4) is 5.75 Å². The zero-order valence-electron chi connectivity index (χ0n) is 20.3. The highest BCUT2D eigenvalue weighted by Crippen LogP contribution is 2.73. The Kier molecular flexibility index (Phi) is 4.92. The fourth-order valence-corrected chi connectivity index (χ4v) is 9.13. The van der Waals surface area contributed by atoms with Gasteiger partial charge in [0, 0.05) is 17.8 Å². The van der Waals surface area contributed by atoms with Gasteiger partial charge in [0.2, 0.25) is 0 Å². The minimum absolute atomic E-state index is 0.0610. The predicted octanol–water partition coefficient (Wildman–Crippen LogP) is 5.43. The van der Waals surface area contributed by atoms with Crippen molar-refractivity contribution >= 4 is 11.9 Å². The van der Waals surface area contributed by atoms with E-state index in [4.69, 9.17) is 9.47 Å². The monoisotopic (exact) mass is 450 g/mol. The Labute approximate surface area is 197 Å². The molecular weight excluding hydrogens is 412 g/mol. The molecule has 0 unspecified atom stereocenters. The Bertz CT molecular complexity index is 968. The maximum absolute atomic E-state index is 13.4. The molecule has 4 saturated carbocycles. The molecule has 0 aromatic heterocycles. The van der Waals surface area contributed by atoms with E-state index in [1.807, 2.05) is 36.4 Å². The van der Waals surface area contributed by atoms with E-state index in [1.165, 1.54) is 12.8 Å². The van der Waals surface area contributed by atoms with Gasteiger partial charge in [-0.2, -0.15) is 0 Å². The van der Waals surface area contributed by atoms with E-state index in [2.05, 4.69) is 13.8 Å². The molecule has 6 rings (SSSR count). The molecule has 0 amide bonds. The number of ketones is 1. The van der Waals surface area contributed by atoms with Crippen molar-refractivity contribution in [2.45, 2.75) is 83.0 Å². The van der Waals surface area contributed by atoms with Crippen LogP contribution in [0.15, 0.2) is 30.3 Å². The van der Waals surface area contributed by atoms with Crippen LogP contribution in [0.3, 0.4) is 0 Å². The number of hydrogen-bond acceptors (Lipinski definition) is 4. The van der Waals surface area contributed by atoms with Crippen LogP contribution in [0, 0.1) is 34.5 Å². The van der Waals surface area contributed by atoms with Gasteiger partial charge in [-0.05, 0) is 91.9 Å². The molecule has 1 aliphatic heterocycles. The van der Waals surface area contributed by atoms with Gasteiger partial charge < -0.3 is 14.6 Å². The van der Waals surface area contributed by atoms with Crippen LogP contribution in [0.2, 0.25) is 0 Å². The molecule has 0 radical (unpaired) electrons. The molecule has 0 bridgehead atoms. The molecule has 5 aliphatic rings. The van der Waals surface area contributed by atoms with Crippen molar-refractivity contribution in [3.05, 3.63) is 35.9 Å². The van der Waals surface area contributed by atoms with Crippen molar-refractivity contribution in [2.24, 2.45) is 34.5 Å². The van der Waals surface area contributed by atoms with E-state index in [-0.39, 0.29) is 28.5 Å². The molecule has 4 heteroatoms. The van der Waals surface area contributed by atoms with E-state index in [9.17, 15) is 9.90 Å². The molecule has 9 atom stereocenters. The summed E-state index contributed by atoms with van der Waals surface area (Å²) in [6, 6.07) is 7.87. The number of aliphatic hydroxyl groups excluding tert-OH is 1. The number of hydrogen-bond donors (Lipinski definition) is 1. The smallest absolute Gasteiger partial charge is 0.159 e. The first-order valence-corrected chi connectivity index (χ1v) is 13.0. The summed E-state index contributed by atoms with van der Waals surface area (Å²) in [7, 11) is 1.67. The molecule has 1 N–H and O–H groups in total. The number of methoxy groups -OCH3 is 1. The first-order chi connectivity index (χ1) is 15.8. The lowest BCUT2D eigenvalue weighted by atomic mass is 9.44. The summed E-state index contributed by atoms with van der Waals surface area (Å²) >= 11 is 0. The average molecular weight is 451 g/mol. The zero-order valence-corrected chi connectivity index (χ0v) is 20.3. The van der Waals surface area contributed by atoms with Gasteiger partial charge in [-0.1, -0.05) is 32.1 Å². The van der Waals surface area contributed by atoms with E-state index in [0.717, 1.165) is 49.8 Å². The Morgan fingerprint density at radius 3 is 2.64 bits per heavy atom. The van der Waals surface area contributed by atoms with Gasteiger partial charge in [0.05, 0.1) is 19.3 Å². The summed E-state index contributed by atoms with van der Waals surface area (Å²) in [5.41, 5.74) is 1.27. The largest absolute Gasteiger partial charge is 0.497 e. The lowest BCUT2D eigenvalue weighted by Gasteiger charge is -2.59. The SMILES string of the molecule is COc1ccc(/C=C/C(=O)[C@H]2CC[C@H]3[C@@H]4C[C@@H]5O[C@@]56C[C@@H](O)CC[C@]6(C)[C@H]4CC[C@]23C)cc1. The van der Waals surface area contributed by atoms with E-state index in [1.54, 1.807) is 7.11 Å². The molecule has 1 aromatic rings. The number of fused-ring (bicyclic) bond motifs is 4. The number of aliphatic hydroxyl groups is 1. The lowest BCUT2D eigenvalue weighted by molar-refractivity contribution is -0.131. The Hall–Kier alpha value is -1.65. The number of carbonyl (C=O) groups excluding carboxylic acids is 1. The second kappa shape index (κ2) is 7.42. The standard InChI is InChI=1S/C29H38O4/c1-27-14-13-23-21(16-26-29(33-26)17-19(30)12-15-28(23,29)2)22(27)9-10-24(27)25(31)11-6-18-4-7-20(32-3)8-5-18/h4-8,11,19,21-24,26,30H,9-10,12-17H2,1-3H3/b11-6+/t19-,21-,22-,23-,24+,26-,27-,28+,29-/m0/s1. The molecule has 5 fully saturated rings. The van der Waals surface area contributed by atoms with Gasteiger partial charge in [0.15, 0.2) is 5.78 Å². The van der Waals surface area contributed by atoms with Gasteiger partial charge >= 0.3 is 0 Å². The first-order valence-electron chi connectivity index (χ1n) is 13.0. The molecule has 1 heterocycles. The van der Waals surface area contributed by atoms with Crippen molar-refractivity contribution in [1.82, 2.24) is 0 Å². The third-order valence-electron chi connectivity index (χ3n) is 11.0. The summed E-state index contributed by atoms with van der Waals surface area (Å²) in [5.74, 6) is 3.21. The van der Waals surface area contributed by atoms with Crippen molar-refractivity contribution in [3.63, 3.8) is 0 Å². The Morgan fingerprint density at radius 2 is 1.88 bits per heavy atom. The second-order valence-corrected chi connectivity index (χ2v) is 12.1. The number of rotatable bonds is 4. The zero-order chi connectivity index (χ0) is 23.0. The molecule has 4 aliphatic carbocycles. The van der Waals surface area contributed by atoms with Crippen LogP contribution < -0.4 is 4.74 Å². The molecule has 33 heavy (non-hydrogen) atoms. The topological polar surface area (TPSA) is 59.1 Å². The molecule has 178 valence electrons. The van der Waals surface area contributed by atoms with Crippen LogP contribution in [0.1, 0.15) is 70.8 Å². The summed E-state index contributed by atoms with van der Waals surface area (Å²) < 4.78 is 11.7. The molecular formula is C29H38O4. The molecule has 1 spiro atoms. The first kappa shape index (κ1) is 21.9. The van der Waals surface area contributed by atoms with Crippen LogP contribution >= 0.6 is 0 Å². The maximum Gasteiger partial charge on any atom is 0.159 e. The van der Waals surface area contributed by atoms with Crippen LogP contribution in [-0.4, -0.2) is 35.8 Å². The molecule has 1 aromatic carbocycles. The van der Waals surface area contributed by atoms with Crippen molar-refractivity contribution < 1.29 is 19.4 Å². The highest BCUT2D eigenvalue weighted by Gasteiger charge is 2.76. The fourth-order valence-electron chi connectivity index (χ4n) is 9.13. The quantitative estimate of drug-likeness (QED) is 0.491. The van der Waals surface area contributed by atoms with E-state index in [0.29, 0.717) is 29.6 Å². The minimum atomic E-state index is -0.195. The van der Waals surface area contributed by atoms with Gasteiger partial charge in [-0.3, -0.25) is 4.79 Å². The van der Waals surface area contributed by atoms with Gasteiger partial charge in [-0.15, -0.1) is 0 Å². The van der Waals surface area contributed by atoms with Crippen LogP contribution in [-0.2, 0) is 9.53 Å². The number of carbonyl (C=O) groups is 1. The van der Waals surface area contributed by atoms with E-state index < -0.39 is 0 Å². The highest BCUT2D eigenvalue weighted by molar-refractivity contribution is 5.96. The average Bonchev–Trinajstić information content (AvgIpc) is 3.39. The third-order valence-corrected chi connectivity index (χ3v) is 11.0. The van der Waals surface area contributed by atoms with Gasteiger partial charge in [-0.25, -0.2) is 0 Å². The maximum atomic E-state index is 13.4. The fraction of sp³-hybridized carbons (Fsp3) is 0.690.